The van der Waals surface area contributed by atoms with E-state index in [-0.39, 0.29) is 11.4 Å². The summed E-state index contributed by atoms with van der Waals surface area (Å²) in [5.41, 5.74) is 3.37. The SMILES string of the molecule is CNC1(CC(=O)Nc2ccc(C)c(C)c2)CCCCC1. The maximum atomic E-state index is 12.3. The lowest BCUT2D eigenvalue weighted by Gasteiger charge is -2.36. The maximum Gasteiger partial charge on any atom is 0.226 e. The summed E-state index contributed by atoms with van der Waals surface area (Å²) in [5.74, 6) is 0.115. The van der Waals surface area contributed by atoms with Crippen LogP contribution in [0.1, 0.15) is 49.7 Å². The quantitative estimate of drug-likeness (QED) is 0.881. The van der Waals surface area contributed by atoms with Crippen LogP contribution in [0, 0.1) is 13.8 Å². The molecule has 2 rings (SSSR count). The first-order valence-electron chi connectivity index (χ1n) is 7.61. The van der Waals surface area contributed by atoms with Crippen molar-refractivity contribution in [2.24, 2.45) is 0 Å². The van der Waals surface area contributed by atoms with E-state index in [4.69, 9.17) is 0 Å². The van der Waals surface area contributed by atoms with Crippen molar-refractivity contribution in [2.45, 2.75) is 57.9 Å². The number of carbonyl (C=O) groups excluding carboxylic acids is 1. The Morgan fingerprint density at radius 2 is 1.85 bits per heavy atom. The molecule has 1 fully saturated rings. The topological polar surface area (TPSA) is 41.1 Å². The highest BCUT2D eigenvalue weighted by molar-refractivity contribution is 5.91. The summed E-state index contributed by atoms with van der Waals surface area (Å²) in [6, 6.07) is 6.08. The number of hydrogen-bond donors (Lipinski definition) is 2. The fourth-order valence-corrected chi connectivity index (χ4v) is 3.08. The zero-order valence-corrected chi connectivity index (χ0v) is 12.9. The molecule has 1 aromatic rings. The summed E-state index contributed by atoms with van der Waals surface area (Å²) in [7, 11) is 1.98. The molecule has 110 valence electrons. The Kier molecular flexibility index (Phi) is 4.81. The van der Waals surface area contributed by atoms with Gasteiger partial charge in [0.25, 0.3) is 0 Å². The van der Waals surface area contributed by atoms with Crippen LogP contribution in [-0.2, 0) is 4.79 Å². The zero-order chi connectivity index (χ0) is 14.6. The predicted octanol–water partition coefficient (Wildman–Crippen LogP) is 3.55. The van der Waals surface area contributed by atoms with Gasteiger partial charge in [-0.05, 0) is 57.0 Å². The van der Waals surface area contributed by atoms with Crippen LogP contribution in [0.2, 0.25) is 0 Å². The van der Waals surface area contributed by atoms with Gasteiger partial charge in [-0.15, -0.1) is 0 Å². The van der Waals surface area contributed by atoms with Crippen molar-refractivity contribution in [3.05, 3.63) is 29.3 Å². The van der Waals surface area contributed by atoms with Crippen molar-refractivity contribution in [1.82, 2.24) is 5.32 Å². The van der Waals surface area contributed by atoms with Crippen LogP contribution in [0.3, 0.4) is 0 Å². The molecule has 0 atom stereocenters. The van der Waals surface area contributed by atoms with Gasteiger partial charge in [0.15, 0.2) is 0 Å². The molecule has 1 aliphatic carbocycles. The fraction of sp³-hybridized carbons (Fsp3) is 0.588. The van der Waals surface area contributed by atoms with Gasteiger partial charge in [0.05, 0.1) is 0 Å². The highest BCUT2D eigenvalue weighted by atomic mass is 16.1. The van der Waals surface area contributed by atoms with Gasteiger partial charge in [-0.25, -0.2) is 0 Å². The standard InChI is InChI=1S/C17H26N2O/c1-13-7-8-15(11-14(13)2)19-16(20)12-17(18-3)9-5-4-6-10-17/h7-8,11,18H,4-6,9-10,12H2,1-3H3,(H,19,20). The zero-order valence-electron chi connectivity index (χ0n) is 12.9. The molecule has 1 aromatic carbocycles. The Morgan fingerprint density at radius 3 is 2.45 bits per heavy atom. The Labute approximate surface area is 122 Å². The largest absolute Gasteiger partial charge is 0.326 e. The van der Waals surface area contributed by atoms with Gasteiger partial charge in [-0.2, -0.15) is 0 Å². The van der Waals surface area contributed by atoms with Crippen molar-refractivity contribution < 1.29 is 4.79 Å². The Morgan fingerprint density at radius 1 is 1.15 bits per heavy atom. The summed E-state index contributed by atoms with van der Waals surface area (Å²) >= 11 is 0. The van der Waals surface area contributed by atoms with E-state index in [0.29, 0.717) is 6.42 Å². The number of rotatable bonds is 4. The number of carbonyl (C=O) groups is 1. The Hall–Kier alpha value is -1.35. The van der Waals surface area contributed by atoms with Gasteiger partial charge in [0.1, 0.15) is 0 Å². The van der Waals surface area contributed by atoms with Gasteiger partial charge >= 0.3 is 0 Å². The average molecular weight is 274 g/mol. The molecule has 2 N–H and O–H groups in total. The lowest BCUT2D eigenvalue weighted by Crippen LogP contribution is -2.47. The molecule has 1 saturated carbocycles. The third-order valence-corrected chi connectivity index (χ3v) is 4.63. The molecule has 1 amide bonds. The number of aryl methyl sites for hydroxylation is 2. The lowest BCUT2D eigenvalue weighted by molar-refractivity contribution is -0.117. The minimum absolute atomic E-state index is 0.00206. The minimum Gasteiger partial charge on any atom is -0.326 e. The smallest absolute Gasteiger partial charge is 0.226 e. The molecule has 1 aliphatic rings. The van der Waals surface area contributed by atoms with E-state index in [1.807, 2.05) is 19.2 Å². The third kappa shape index (κ3) is 3.60. The molecule has 3 nitrogen and oxygen atoms in total. The molecule has 0 aliphatic heterocycles. The van der Waals surface area contributed by atoms with Gasteiger partial charge in [-0.1, -0.05) is 25.3 Å². The van der Waals surface area contributed by atoms with Crippen LogP contribution in [-0.4, -0.2) is 18.5 Å². The third-order valence-electron chi connectivity index (χ3n) is 4.63. The van der Waals surface area contributed by atoms with E-state index in [1.54, 1.807) is 0 Å². The summed E-state index contributed by atoms with van der Waals surface area (Å²) in [4.78, 5) is 12.3. The Bertz CT molecular complexity index is 476. The van der Waals surface area contributed by atoms with Gasteiger partial charge in [0, 0.05) is 17.6 Å². The first-order valence-corrected chi connectivity index (χ1v) is 7.61. The molecule has 0 aromatic heterocycles. The van der Waals surface area contributed by atoms with Crippen molar-refractivity contribution in [1.29, 1.82) is 0 Å². The molecule has 0 saturated heterocycles. The molecule has 0 bridgehead atoms. The van der Waals surface area contributed by atoms with Gasteiger partial charge in [0.2, 0.25) is 5.91 Å². The first kappa shape index (κ1) is 15.0. The number of benzene rings is 1. The van der Waals surface area contributed by atoms with Crippen molar-refractivity contribution in [2.75, 3.05) is 12.4 Å². The van der Waals surface area contributed by atoms with Crippen LogP contribution in [0.5, 0.6) is 0 Å². The number of anilines is 1. The molecule has 20 heavy (non-hydrogen) atoms. The van der Waals surface area contributed by atoms with Crippen LogP contribution in [0.25, 0.3) is 0 Å². The van der Waals surface area contributed by atoms with E-state index in [2.05, 4.69) is 30.5 Å². The minimum atomic E-state index is 0.00206. The molecule has 0 unspecified atom stereocenters. The van der Waals surface area contributed by atoms with E-state index in [9.17, 15) is 4.79 Å². The summed E-state index contributed by atoms with van der Waals surface area (Å²) in [6.45, 7) is 4.15. The number of hydrogen-bond acceptors (Lipinski definition) is 2. The predicted molar refractivity (Wildman–Crippen MR) is 84.0 cm³/mol. The summed E-state index contributed by atoms with van der Waals surface area (Å²) in [5, 5.41) is 6.43. The average Bonchev–Trinajstić information content (AvgIpc) is 2.44. The van der Waals surface area contributed by atoms with Gasteiger partial charge < -0.3 is 10.6 Å². The van der Waals surface area contributed by atoms with Crippen molar-refractivity contribution >= 4 is 11.6 Å². The van der Waals surface area contributed by atoms with Crippen molar-refractivity contribution in [3.63, 3.8) is 0 Å². The van der Waals surface area contributed by atoms with Crippen LogP contribution < -0.4 is 10.6 Å². The van der Waals surface area contributed by atoms with E-state index < -0.39 is 0 Å². The summed E-state index contributed by atoms with van der Waals surface area (Å²) < 4.78 is 0. The van der Waals surface area contributed by atoms with Gasteiger partial charge in [-0.3, -0.25) is 4.79 Å². The molecule has 3 heteroatoms. The van der Waals surface area contributed by atoms with Crippen LogP contribution >= 0.6 is 0 Å². The molecular weight excluding hydrogens is 248 g/mol. The Balaban J connectivity index is 1.98. The molecule has 0 heterocycles. The number of nitrogens with one attached hydrogen (secondary N) is 2. The number of amides is 1. The van der Waals surface area contributed by atoms with Crippen molar-refractivity contribution in [3.8, 4) is 0 Å². The summed E-state index contributed by atoms with van der Waals surface area (Å²) in [6.07, 6.45) is 6.50. The molecular formula is C17H26N2O. The van der Waals surface area contributed by atoms with E-state index in [1.165, 1.54) is 30.4 Å². The monoisotopic (exact) mass is 274 g/mol. The first-order chi connectivity index (χ1) is 9.54. The maximum absolute atomic E-state index is 12.3. The van der Waals surface area contributed by atoms with E-state index in [0.717, 1.165) is 18.5 Å². The second-order valence-electron chi connectivity index (χ2n) is 6.11. The van der Waals surface area contributed by atoms with Crippen LogP contribution in [0.15, 0.2) is 18.2 Å². The van der Waals surface area contributed by atoms with E-state index >= 15 is 0 Å². The lowest BCUT2D eigenvalue weighted by atomic mass is 9.79. The molecule has 0 radical (unpaired) electrons. The molecule has 0 spiro atoms. The second-order valence-corrected chi connectivity index (χ2v) is 6.11. The van der Waals surface area contributed by atoms with Crippen LogP contribution in [0.4, 0.5) is 5.69 Å². The fourth-order valence-electron chi connectivity index (χ4n) is 3.08. The highest BCUT2D eigenvalue weighted by Crippen LogP contribution is 2.31. The highest BCUT2D eigenvalue weighted by Gasteiger charge is 2.32. The second kappa shape index (κ2) is 6.40. The normalized spacial score (nSPS) is 17.8.